The lowest BCUT2D eigenvalue weighted by Crippen LogP contribution is -2.49. The summed E-state index contributed by atoms with van der Waals surface area (Å²) in [4.78, 5) is 27.4. The number of rotatable bonds is 6. The van der Waals surface area contributed by atoms with Crippen LogP contribution in [0.4, 0.5) is 0 Å². The fourth-order valence-corrected chi connectivity index (χ4v) is 3.15. The predicted molar refractivity (Wildman–Crippen MR) is 94.0 cm³/mol. The minimum atomic E-state index is 0.108. The van der Waals surface area contributed by atoms with Gasteiger partial charge in [0.05, 0.1) is 30.6 Å². The quantitative estimate of drug-likeness (QED) is 0.804. The maximum atomic E-state index is 12.7. The van der Waals surface area contributed by atoms with E-state index in [1.807, 2.05) is 30.2 Å². The van der Waals surface area contributed by atoms with Gasteiger partial charge in [0.2, 0.25) is 5.91 Å². The van der Waals surface area contributed by atoms with E-state index in [0.717, 1.165) is 36.2 Å². The molecule has 6 heteroatoms. The molecule has 0 spiro atoms. The maximum Gasteiger partial charge on any atom is 0.223 e. The van der Waals surface area contributed by atoms with Gasteiger partial charge in [-0.15, -0.1) is 0 Å². The standard InChI is InChI=1S/C19H24N4O2/c1-15-18(22-10-9-21-15)6-5-17-14-25-12-11-23(17)19(24)7-4-16-3-2-8-20-13-16/h2-3,8-10,13,17H,4-7,11-12,14H2,1H3. The SMILES string of the molecule is Cc1nccnc1CCC1COCCN1C(=O)CCc1cccnc1. The molecule has 0 bridgehead atoms. The van der Waals surface area contributed by atoms with Crippen molar-refractivity contribution in [2.75, 3.05) is 19.8 Å². The molecule has 3 rings (SSSR count). The molecule has 1 fully saturated rings. The average molecular weight is 340 g/mol. The second-order valence-corrected chi connectivity index (χ2v) is 6.30. The molecule has 0 N–H and O–H groups in total. The fraction of sp³-hybridized carbons (Fsp3) is 0.474. The Morgan fingerprint density at radius 1 is 1.28 bits per heavy atom. The number of pyridine rings is 1. The Labute approximate surface area is 148 Å². The summed E-state index contributed by atoms with van der Waals surface area (Å²) in [6.45, 7) is 3.84. The minimum Gasteiger partial charge on any atom is -0.377 e. The van der Waals surface area contributed by atoms with Crippen molar-refractivity contribution in [1.29, 1.82) is 0 Å². The van der Waals surface area contributed by atoms with Crippen molar-refractivity contribution in [3.63, 3.8) is 0 Å². The highest BCUT2D eigenvalue weighted by Crippen LogP contribution is 2.16. The maximum absolute atomic E-state index is 12.7. The Morgan fingerprint density at radius 3 is 2.96 bits per heavy atom. The molecule has 0 aliphatic carbocycles. The molecule has 25 heavy (non-hydrogen) atoms. The van der Waals surface area contributed by atoms with Crippen LogP contribution in [0.5, 0.6) is 0 Å². The van der Waals surface area contributed by atoms with E-state index in [2.05, 4.69) is 15.0 Å². The van der Waals surface area contributed by atoms with Crippen molar-refractivity contribution in [3.05, 3.63) is 53.9 Å². The lowest BCUT2D eigenvalue weighted by atomic mass is 10.0. The molecule has 1 amide bonds. The summed E-state index contributed by atoms with van der Waals surface area (Å²) in [5.74, 6) is 0.188. The van der Waals surface area contributed by atoms with E-state index in [1.54, 1.807) is 18.6 Å². The van der Waals surface area contributed by atoms with Crippen molar-refractivity contribution in [2.45, 2.75) is 38.6 Å². The third-order valence-corrected chi connectivity index (χ3v) is 4.60. The van der Waals surface area contributed by atoms with Crippen LogP contribution in [0, 0.1) is 6.92 Å². The van der Waals surface area contributed by atoms with E-state index in [-0.39, 0.29) is 11.9 Å². The zero-order chi connectivity index (χ0) is 17.5. The summed E-state index contributed by atoms with van der Waals surface area (Å²) in [6.07, 6.45) is 9.87. The first-order valence-electron chi connectivity index (χ1n) is 8.76. The molecule has 0 saturated carbocycles. The number of aromatic nitrogens is 3. The topological polar surface area (TPSA) is 68.2 Å². The van der Waals surface area contributed by atoms with Gasteiger partial charge in [0, 0.05) is 37.8 Å². The third-order valence-electron chi connectivity index (χ3n) is 4.60. The molecule has 0 radical (unpaired) electrons. The molecular weight excluding hydrogens is 316 g/mol. The van der Waals surface area contributed by atoms with Gasteiger partial charge in [-0.3, -0.25) is 19.7 Å². The number of carbonyl (C=O) groups is 1. The first-order chi connectivity index (χ1) is 12.2. The second kappa shape index (κ2) is 8.67. The van der Waals surface area contributed by atoms with Gasteiger partial charge in [-0.25, -0.2) is 0 Å². The summed E-state index contributed by atoms with van der Waals surface area (Å²) < 4.78 is 5.60. The van der Waals surface area contributed by atoms with Gasteiger partial charge in [-0.05, 0) is 37.8 Å². The lowest BCUT2D eigenvalue weighted by molar-refractivity contribution is -0.140. The molecule has 0 aromatic carbocycles. The second-order valence-electron chi connectivity index (χ2n) is 6.30. The van der Waals surface area contributed by atoms with Gasteiger partial charge < -0.3 is 9.64 Å². The van der Waals surface area contributed by atoms with Gasteiger partial charge in [-0.2, -0.15) is 0 Å². The molecular formula is C19H24N4O2. The lowest BCUT2D eigenvalue weighted by Gasteiger charge is -2.36. The molecule has 1 unspecified atom stereocenters. The molecule has 1 aliphatic rings. The Balaban J connectivity index is 1.56. The summed E-state index contributed by atoms with van der Waals surface area (Å²) in [7, 11) is 0. The predicted octanol–water partition coefficient (Wildman–Crippen LogP) is 1.97. The Kier molecular flexibility index (Phi) is 6.06. The van der Waals surface area contributed by atoms with E-state index in [4.69, 9.17) is 4.74 Å². The number of ether oxygens (including phenoxy) is 1. The number of morpholine rings is 1. The molecule has 1 atom stereocenters. The monoisotopic (exact) mass is 340 g/mol. The van der Waals surface area contributed by atoms with Crippen molar-refractivity contribution >= 4 is 5.91 Å². The molecule has 1 saturated heterocycles. The highest BCUT2D eigenvalue weighted by molar-refractivity contribution is 5.77. The van der Waals surface area contributed by atoms with Crippen LogP contribution in [0.15, 0.2) is 36.9 Å². The molecule has 2 aromatic rings. The Morgan fingerprint density at radius 2 is 2.16 bits per heavy atom. The highest BCUT2D eigenvalue weighted by atomic mass is 16.5. The Bertz CT molecular complexity index is 693. The smallest absolute Gasteiger partial charge is 0.223 e. The van der Waals surface area contributed by atoms with Gasteiger partial charge in [0.1, 0.15) is 0 Å². The first-order valence-corrected chi connectivity index (χ1v) is 8.76. The van der Waals surface area contributed by atoms with Gasteiger partial charge in [0.15, 0.2) is 0 Å². The van der Waals surface area contributed by atoms with Crippen LogP contribution in [-0.2, 0) is 22.4 Å². The molecule has 1 aliphatic heterocycles. The van der Waals surface area contributed by atoms with Gasteiger partial charge >= 0.3 is 0 Å². The largest absolute Gasteiger partial charge is 0.377 e. The van der Waals surface area contributed by atoms with Crippen molar-refractivity contribution in [2.24, 2.45) is 0 Å². The zero-order valence-corrected chi connectivity index (χ0v) is 14.6. The molecule has 132 valence electrons. The average Bonchev–Trinajstić information content (AvgIpc) is 2.66. The molecule has 2 aromatic heterocycles. The van der Waals surface area contributed by atoms with E-state index < -0.39 is 0 Å². The summed E-state index contributed by atoms with van der Waals surface area (Å²) >= 11 is 0. The number of hydrogen-bond acceptors (Lipinski definition) is 5. The number of hydrogen-bond donors (Lipinski definition) is 0. The fourth-order valence-electron chi connectivity index (χ4n) is 3.15. The molecule has 6 nitrogen and oxygen atoms in total. The first kappa shape index (κ1) is 17.5. The van der Waals surface area contributed by atoms with E-state index in [1.165, 1.54) is 0 Å². The number of amides is 1. The van der Waals surface area contributed by atoms with Crippen LogP contribution in [-0.4, -0.2) is 51.6 Å². The van der Waals surface area contributed by atoms with Crippen LogP contribution in [0.3, 0.4) is 0 Å². The third kappa shape index (κ3) is 4.82. The van der Waals surface area contributed by atoms with Crippen LogP contribution >= 0.6 is 0 Å². The summed E-state index contributed by atoms with van der Waals surface area (Å²) in [5, 5.41) is 0. The minimum absolute atomic E-state index is 0.108. The van der Waals surface area contributed by atoms with Crippen LogP contribution in [0.2, 0.25) is 0 Å². The van der Waals surface area contributed by atoms with Gasteiger partial charge in [0.25, 0.3) is 0 Å². The van der Waals surface area contributed by atoms with Crippen molar-refractivity contribution in [1.82, 2.24) is 19.9 Å². The van der Waals surface area contributed by atoms with E-state index in [9.17, 15) is 4.79 Å². The zero-order valence-electron chi connectivity index (χ0n) is 14.6. The number of carbonyl (C=O) groups excluding carboxylic acids is 1. The van der Waals surface area contributed by atoms with Crippen molar-refractivity contribution in [3.8, 4) is 0 Å². The van der Waals surface area contributed by atoms with Crippen molar-refractivity contribution < 1.29 is 9.53 Å². The number of aryl methyl sites for hydroxylation is 3. The van der Waals surface area contributed by atoms with Crippen LogP contribution < -0.4 is 0 Å². The summed E-state index contributed by atoms with van der Waals surface area (Å²) in [6, 6.07) is 4.02. The van der Waals surface area contributed by atoms with Gasteiger partial charge in [-0.1, -0.05) is 6.07 Å². The normalized spacial score (nSPS) is 17.5. The Hall–Kier alpha value is -2.34. The highest BCUT2D eigenvalue weighted by Gasteiger charge is 2.27. The van der Waals surface area contributed by atoms with E-state index in [0.29, 0.717) is 26.2 Å². The summed E-state index contributed by atoms with van der Waals surface area (Å²) in [5.41, 5.74) is 3.04. The van der Waals surface area contributed by atoms with Crippen LogP contribution in [0.25, 0.3) is 0 Å². The molecule has 3 heterocycles. The van der Waals surface area contributed by atoms with Crippen LogP contribution in [0.1, 0.15) is 29.8 Å². The number of nitrogens with zero attached hydrogens (tertiary/aromatic N) is 4. The van der Waals surface area contributed by atoms with E-state index >= 15 is 0 Å².